The number of hydrogen-bond donors (Lipinski definition) is 0. The molecule has 0 fully saturated rings. The van der Waals surface area contributed by atoms with Gasteiger partial charge >= 0.3 is 0 Å². The lowest BCUT2D eigenvalue weighted by molar-refractivity contribution is 0.809. The Balaban J connectivity index is 1.65. The number of hydrogen-bond acceptors (Lipinski definition) is 0. The van der Waals surface area contributed by atoms with Crippen molar-refractivity contribution in [2.24, 2.45) is 0 Å². The van der Waals surface area contributed by atoms with E-state index in [-0.39, 0.29) is 0 Å². The number of rotatable bonds is 27. The largest absolute Gasteiger partial charge is 0.0701 e. The molecule has 0 saturated heterocycles. The van der Waals surface area contributed by atoms with Gasteiger partial charge in [0.15, 0.2) is 0 Å². The third kappa shape index (κ3) is 18.3. The minimum absolute atomic E-state index is 0.346. The summed E-state index contributed by atoms with van der Waals surface area (Å²) in [4.78, 5) is 0. The van der Waals surface area contributed by atoms with Crippen molar-refractivity contribution in [2.45, 2.75) is 356 Å². The standard InChI is InChI=1S/C102H146Si4/c1-57(2)77-45-85(63(13)14)97(86(46-77)64(15)16)103(105(99-89(67(21)22)49-79(59(5)6)50-90(99)68(23)24)100-91(69(25)26)51-80(60(7)8)52-92(100)70(27)28)83-41-37-75(38-42-83)76-39-43-84(44-40-76)104(98-87(65(17)18)47-78(58(3)4)48-88(98)66(19)20)106(101-93(71(29)30)53-81(61(9)10)54-94(101)72(31)32)102-95(73(33)34)55-82(62(11)12)56-96(102)74(35)36/h37-74H,1-36H3. The van der Waals surface area contributed by atoms with Gasteiger partial charge in [0.05, 0.1) is 31.6 Å². The maximum atomic E-state index is 2.70. The molecule has 0 N–H and O–H groups in total. The highest BCUT2D eigenvalue weighted by Crippen LogP contribution is 2.36. The molecular weight excluding hydrogens is 1340 g/mol. The summed E-state index contributed by atoms with van der Waals surface area (Å²) in [6, 6.07) is 53.4. The molecule has 0 saturated carbocycles. The molecule has 8 rings (SSSR count). The smallest absolute Gasteiger partial charge is 0.0588 e. The van der Waals surface area contributed by atoms with Gasteiger partial charge in [-0.25, -0.2) is 0 Å². The van der Waals surface area contributed by atoms with Gasteiger partial charge in [-0.1, -0.05) is 371 Å². The molecule has 0 nitrogen and oxygen atoms in total. The molecule has 8 aromatic carbocycles. The molecule has 8 aromatic rings. The lowest BCUT2D eigenvalue weighted by atomic mass is 9.89. The molecule has 0 amide bonds. The Bertz CT molecular complexity index is 3840. The van der Waals surface area contributed by atoms with Gasteiger partial charge in [0.25, 0.3) is 0 Å². The van der Waals surface area contributed by atoms with Crippen molar-refractivity contribution in [3.05, 3.63) is 221 Å². The van der Waals surface area contributed by atoms with Gasteiger partial charge in [0, 0.05) is 0 Å². The Hall–Kier alpha value is -5.37. The summed E-state index contributed by atoms with van der Waals surface area (Å²) in [5, 5.41) is 13.3. The van der Waals surface area contributed by atoms with E-state index < -0.39 is 31.6 Å². The molecular formula is C102H146Si4. The first-order chi connectivity index (χ1) is 49.5. The van der Waals surface area contributed by atoms with Crippen molar-refractivity contribution in [3.8, 4) is 11.1 Å². The molecule has 0 heterocycles. The van der Waals surface area contributed by atoms with Crippen LogP contribution in [0.2, 0.25) is 0 Å². The van der Waals surface area contributed by atoms with Crippen LogP contribution in [0.1, 0.15) is 456 Å². The second kappa shape index (κ2) is 35.8. The van der Waals surface area contributed by atoms with Gasteiger partial charge in [-0.3, -0.25) is 0 Å². The summed E-state index contributed by atoms with van der Waals surface area (Å²) >= 11 is 0. The second-order valence-corrected chi connectivity index (χ2v) is 51.0. The third-order valence-corrected chi connectivity index (χ3v) is 42.0. The van der Waals surface area contributed by atoms with E-state index in [0.29, 0.717) is 107 Å². The molecule has 0 spiro atoms. The second-order valence-electron chi connectivity index (χ2n) is 37.9. The Morgan fingerprint density at radius 3 is 0.358 bits per heavy atom. The van der Waals surface area contributed by atoms with Crippen LogP contribution in [0.25, 0.3) is 11.1 Å². The van der Waals surface area contributed by atoms with E-state index in [2.05, 4.69) is 371 Å². The van der Waals surface area contributed by atoms with Crippen molar-refractivity contribution in [1.29, 1.82) is 0 Å². The zero-order chi connectivity index (χ0) is 79.0. The minimum Gasteiger partial charge on any atom is -0.0588 e. The maximum Gasteiger partial charge on any atom is 0.0701 e. The average molecular weight is 1480 g/mol. The zero-order valence-corrected chi connectivity index (χ0v) is 77.9. The monoisotopic (exact) mass is 1480 g/mol. The van der Waals surface area contributed by atoms with E-state index in [1.165, 1.54) is 44.5 Å². The predicted octanol–water partition coefficient (Wildman–Crippen LogP) is 25.6. The van der Waals surface area contributed by atoms with Crippen LogP contribution in [-0.2, 0) is 0 Å². The van der Waals surface area contributed by atoms with Gasteiger partial charge < -0.3 is 0 Å². The van der Waals surface area contributed by atoms with Crippen LogP contribution in [0.5, 0.6) is 0 Å². The van der Waals surface area contributed by atoms with Crippen LogP contribution in [0.15, 0.2) is 121 Å². The Labute approximate surface area is 656 Å². The fraction of sp³-hybridized carbons (Fsp3) is 0.529. The van der Waals surface area contributed by atoms with Crippen molar-refractivity contribution in [2.75, 3.05) is 0 Å². The summed E-state index contributed by atoms with van der Waals surface area (Å²) in [6.45, 7) is 89.2. The van der Waals surface area contributed by atoms with Crippen molar-refractivity contribution in [1.82, 2.24) is 0 Å². The fourth-order valence-corrected chi connectivity index (χ4v) is 41.1. The third-order valence-electron chi connectivity index (χ3n) is 23.5. The lowest BCUT2D eigenvalue weighted by Crippen LogP contribution is -2.57. The van der Waals surface area contributed by atoms with Crippen LogP contribution in [-0.4, -0.2) is 31.6 Å². The Kier molecular flexibility index (Phi) is 29.1. The molecule has 0 aliphatic heterocycles. The summed E-state index contributed by atoms with van der Waals surface area (Å²) in [5.74, 6) is 6.74. The molecule has 0 aliphatic rings. The lowest BCUT2D eigenvalue weighted by Gasteiger charge is -2.33. The summed E-state index contributed by atoms with van der Waals surface area (Å²) in [7, 11) is -6.81. The highest BCUT2D eigenvalue weighted by Gasteiger charge is 2.37. The van der Waals surface area contributed by atoms with E-state index in [9.17, 15) is 0 Å². The van der Waals surface area contributed by atoms with E-state index >= 15 is 0 Å². The van der Waals surface area contributed by atoms with Crippen LogP contribution in [0, 0.1) is 0 Å². The number of benzene rings is 8. The Morgan fingerprint density at radius 1 is 0.142 bits per heavy atom. The Morgan fingerprint density at radius 2 is 0.255 bits per heavy atom. The first-order valence-electron chi connectivity index (χ1n) is 42.3. The quantitative estimate of drug-likeness (QED) is 0.0450. The maximum absolute atomic E-state index is 2.70. The topological polar surface area (TPSA) is 0 Å². The highest BCUT2D eigenvalue weighted by molar-refractivity contribution is 7.20. The molecule has 0 atom stereocenters. The molecule has 106 heavy (non-hydrogen) atoms. The van der Waals surface area contributed by atoms with E-state index in [4.69, 9.17) is 0 Å². The van der Waals surface area contributed by atoms with Crippen molar-refractivity contribution >= 4 is 73.1 Å². The van der Waals surface area contributed by atoms with Gasteiger partial charge in [0.1, 0.15) is 0 Å². The van der Waals surface area contributed by atoms with Crippen molar-refractivity contribution < 1.29 is 0 Å². The van der Waals surface area contributed by atoms with Gasteiger partial charge in [0.2, 0.25) is 0 Å². The predicted molar refractivity (Wildman–Crippen MR) is 484 cm³/mol. The molecule has 570 valence electrons. The van der Waals surface area contributed by atoms with E-state index in [1.807, 2.05) is 0 Å². The van der Waals surface area contributed by atoms with E-state index in [0.717, 1.165) is 0 Å². The summed E-state index contributed by atoms with van der Waals surface area (Å²) in [5.41, 5.74) is 30.5. The summed E-state index contributed by atoms with van der Waals surface area (Å²) < 4.78 is 0. The van der Waals surface area contributed by atoms with E-state index in [1.54, 1.807) is 108 Å². The summed E-state index contributed by atoms with van der Waals surface area (Å²) in [6.07, 6.45) is 0. The SMILES string of the molecule is CC(C)c1cc(C(C)C)c([Si](c2ccc(-c3ccc([Si](c4c(C(C)C)cc(C(C)C)cc4C(C)C)=[Si](c4c(C(C)C)cc(C(C)C)cc4C(C)C)c4c(C(C)C)cc(C(C)C)cc4C(C)C)cc3)cc2)=[Si](c2c(C(C)C)cc(C(C)C)cc2C(C)C)c2c(C(C)C)cc(C(C)C)cc2C(C)C)c(C(C)C)c1. The average Bonchev–Trinajstić information content (AvgIpc) is 0.729. The van der Waals surface area contributed by atoms with Crippen LogP contribution < -0.4 is 41.5 Å². The molecule has 0 bridgehead atoms. The van der Waals surface area contributed by atoms with Gasteiger partial charge in [-0.2, -0.15) is 0 Å². The zero-order valence-electron chi connectivity index (χ0n) is 73.9. The molecule has 4 heteroatoms. The molecule has 0 unspecified atom stereocenters. The van der Waals surface area contributed by atoms with Gasteiger partial charge in [-0.05, 0) is 259 Å². The first-order valence-corrected chi connectivity index (χ1v) is 50.3. The molecule has 0 aliphatic carbocycles. The fourth-order valence-electron chi connectivity index (χ4n) is 16.7. The van der Waals surface area contributed by atoms with Crippen LogP contribution >= 0.6 is 0 Å². The van der Waals surface area contributed by atoms with Crippen LogP contribution in [0.3, 0.4) is 0 Å². The van der Waals surface area contributed by atoms with Crippen LogP contribution in [0.4, 0.5) is 0 Å². The van der Waals surface area contributed by atoms with Gasteiger partial charge in [-0.15, -0.1) is 0 Å². The molecule has 0 radical (unpaired) electrons. The molecule has 0 aromatic heterocycles. The minimum atomic E-state index is -1.70. The normalized spacial score (nSPS) is 12.5. The van der Waals surface area contributed by atoms with Crippen molar-refractivity contribution in [3.63, 3.8) is 0 Å². The highest BCUT2D eigenvalue weighted by atomic mass is 28.9. The first kappa shape index (κ1) is 86.2.